The molecule has 0 unspecified atom stereocenters. The fourth-order valence-electron chi connectivity index (χ4n) is 3.47. The van der Waals surface area contributed by atoms with Crippen molar-refractivity contribution < 1.29 is 9.53 Å². The van der Waals surface area contributed by atoms with Gasteiger partial charge in [0.05, 0.1) is 6.61 Å². The van der Waals surface area contributed by atoms with Crippen LogP contribution < -0.4 is 0 Å². The maximum atomic E-state index is 11.7. The van der Waals surface area contributed by atoms with Gasteiger partial charge in [-0.15, -0.1) is 0 Å². The van der Waals surface area contributed by atoms with Crippen molar-refractivity contribution >= 4 is 22.4 Å². The Morgan fingerprint density at radius 2 is 1.81 bits per heavy atom. The molecule has 142 valence electrons. The molecule has 0 fully saturated rings. The summed E-state index contributed by atoms with van der Waals surface area (Å²) >= 11 is 0. The molecule has 0 saturated carbocycles. The monoisotopic (exact) mass is 355 g/mol. The van der Waals surface area contributed by atoms with Crippen molar-refractivity contribution in [3.63, 3.8) is 0 Å². The molecule has 1 aromatic carbocycles. The van der Waals surface area contributed by atoms with Crippen molar-refractivity contribution in [3.05, 3.63) is 42.1 Å². The van der Waals surface area contributed by atoms with Gasteiger partial charge in [-0.25, -0.2) is 4.79 Å². The highest BCUT2D eigenvalue weighted by Gasteiger charge is 2.13. The molecule has 0 spiro atoms. The average Bonchev–Trinajstić information content (AvgIpc) is 3.05. The molecule has 0 saturated heterocycles. The average molecular weight is 356 g/mol. The Hall–Kier alpha value is -2.03. The quantitative estimate of drug-likeness (QED) is 0.358. The molecule has 0 atom stereocenters. The minimum Gasteiger partial charge on any atom is -0.463 e. The van der Waals surface area contributed by atoms with E-state index in [1.807, 2.05) is 13.8 Å². The number of unbranched alkanes of at least 4 members (excludes halogenated alkanes) is 2. The fraction of sp³-hybridized carbons (Fsp3) is 0.522. The number of hydrogen-bond acceptors (Lipinski definition) is 2. The summed E-state index contributed by atoms with van der Waals surface area (Å²) < 4.78 is 7.47. The van der Waals surface area contributed by atoms with E-state index in [1.54, 1.807) is 6.08 Å². The minimum absolute atomic E-state index is 0.276. The predicted octanol–water partition coefficient (Wildman–Crippen LogP) is 6.53. The highest BCUT2D eigenvalue weighted by molar-refractivity contribution is 5.92. The van der Waals surface area contributed by atoms with Gasteiger partial charge in [-0.3, -0.25) is 0 Å². The first-order valence-corrected chi connectivity index (χ1v) is 10.1. The Bertz CT molecular complexity index is 734. The van der Waals surface area contributed by atoms with Crippen LogP contribution in [0, 0.1) is 0 Å². The zero-order valence-corrected chi connectivity index (χ0v) is 16.8. The summed E-state index contributed by atoms with van der Waals surface area (Å²) in [6.45, 7) is 8.70. The third kappa shape index (κ3) is 5.23. The van der Waals surface area contributed by atoms with E-state index in [9.17, 15) is 4.79 Å². The molecule has 0 aliphatic heterocycles. The van der Waals surface area contributed by atoms with Crippen LogP contribution in [0.2, 0.25) is 0 Å². The lowest BCUT2D eigenvalue weighted by Gasteiger charge is -2.20. The standard InChI is InChI=1S/C23H33NO2/c1-5-8-10-21(11-9-6-2)24-15-14-20-17-19(12-13-22(20)24)18(4)16-23(25)26-7-3/h12-17,21H,5-11H2,1-4H3/b18-16+. The van der Waals surface area contributed by atoms with Crippen LogP contribution in [0.4, 0.5) is 0 Å². The fourth-order valence-corrected chi connectivity index (χ4v) is 3.47. The van der Waals surface area contributed by atoms with E-state index < -0.39 is 0 Å². The molecular weight excluding hydrogens is 322 g/mol. The summed E-state index contributed by atoms with van der Waals surface area (Å²) in [4.78, 5) is 11.7. The lowest BCUT2D eigenvalue weighted by Crippen LogP contribution is -2.08. The van der Waals surface area contributed by atoms with Crippen molar-refractivity contribution in [3.8, 4) is 0 Å². The predicted molar refractivity (Wildman–Crippen MR) is 110 cm³/mol. The van der Waals surface area contributed by atoms with Crippen LogP contribution in [0.15, 0.2) is 36.5 Å². The number of rotatable bonds is 10. The Morgan fingerprint density at radius 1 is 1.12 bits per heavy atom. The Labute approximate surface area is 158 Å². The second kappa shape index (κ2) is 10.2. The highest BCUT2D eigenvalue weighted by atomic mass is 16.5. The number of carbonyl (C=O) groups is 1. The maximum Gasteiger partial charge on any atom is 0.331 e. The van der Waals surface area contributed by atoms with Crippen LogP contribution >= 0.6 is 0 Å². The largest absolute Gasteiger partial charge is 0.463 e. The Balaban J connectivity index is 2.28. The zero-order chi connectivity index (χ0) is 18.9. The molecular formula is C23H33NO2. The van der Waals surface area contributed by atoms with Crippen molar-refractivity contribution in [2.75, 3.05) is 6.61 Å². The number of hydrogen-bond donors (Lipinski definition) is 0. The summed E-state index contributed by atoms with van der Waals surface area (Å²) in [6, 6.07) is 9.25. The van der Waals surface area contributed by atoms with Gasteiger partial charge in [0.25, 0.3) is 0 Å². The van der Waals surface area contributed by atoms with Crippen molar-refractivity contribution in [1.29, 1.82) is 0 Å². The Morgan fingerprint density at radius 3 is 2.42 bits per heavy atom. The smallest absolute Gasteiger partial charge is 0.331 e. The molecule has 0 bridgehead atoms. The third-order valence-electron chi connectivity index (χ3n) is 4.97. The van der Waals surface area contributed by atoms with Crippen LogP contribution in [0.5, 0.6) is 0 Å². The zero-order valence-electron chi connectivity index (χ0n) is 16.8. The molecule has 1 heterocycles. The maximum absolute atomic E-state index is 11.7. The van der Waals surface area contributed by atoms with Crippen LogP contribution in [-0.2, 0) is 9.53 Å². The van der Waals surface area contributed by atoms with E-state index in [-0.39, 0.29) is 5.97 Å². The number of benzene rings is 1. The molecule has 0 amide bonds. The van der Waals surface area contributed by atoms with Crippen LogP contribution in [0.25, 0.3) is 16.5 Å². The Kier molecular flexibility index (Phi) is 7.96. The number of ether oxygens (including phenoxy) is 1. The summed E-state index contributed by atoms with van der Waals surface area (Å²) in [5.74, 6) is -0.276. The van der Waals surface area contributed by atoms with Gasteiger partial charge >= 0.3 is 5.97 Å². The molecule has 0 aliphatic carbocycles. The number of allylic oxidation sites excluding steroid dienone is 1. The molecule has 2 rings (SSSR count). The van der Waals surface area contributed by atoms with E-state index in [4.69, 9.17) is 4.74 Å². The number of aromatic nitrogens is 1. The summed E-state index contributed by atoms with van der Waals surface area (Å²) in [7, 11) is 0. The number of nitrogens with zero attached hydrogens (tertiary/aromatic N) is 1. The van der Waals surface area contributed by atoms with Crippen LogP contribution in [0.3, 0.4) is 0 Å². The van der Waals surface area contributed by atoms with Gasteiger partial charge in [0.1, 0.15) is 0 Å². The SMILES string of the molecule is CCCCC(CCCC)n1ccc2cc(/C(C)=C/C(=O)OCC)ccc21. The van der Waals surface area contributed by atoms with E-state index in [2.05, 4.69) is 48.9 Å². The molecule has 3 heteroatoms. The summed E-state index contributed by atoms with van der Waals surface area (Å²) in [6.07, 6.45) is 11.3. The molecule has 0 N–H and O–H groups in total. The number of fused-ring (bicyclic) bond motifs is 1. The molecule has 26 heavy (non-hydrogen) atoms. The second-order valence-corrected chi connectivity index (χ2v) is 7.01. The number of carbonyl (C=O) groups excluding carboxylic acids is 1. The lowest BCUT2D eigenvalue weighted by atomic mass is 10.0. The normalized spacial score (nSPS) is 12.1. The van der Waals surface area contributed by atoms with Gasteiger partial charge in [0.2, 0.25) is 0 Å². The second-order valence-electron chi connectivity index (χ2n) is 7.01. The first-order valence-electron chi connectivity index (χ1n) is 10.1. The van der Waals surface area contributed by atoms with E-state index >= 15 is 0 Å². The first-order chi connectivity index (χ1) is 12.6. The molecule has 0 radical (unpaired) electrons. The lowest BCUT2D eigenvalue weighted by molar-refractivity contribution is -0.137. The summed E-state index contributed by atoms with van der Waals surface area (Å²) in [5.41, 5.74) is 3.29. The third-order valence-corrected chi connectivity index (χ3v) is 4.97. The molecule has 0 aliphatic rings. The van der Waals surface area contributed by atoms with Gasteiger partial charge in [-0.05, 0) is 56.0 Å². The molecule has 2 aromatic rings. The first kappa shape index (κ1) is 20.3. The van der Waals surface area contributed by atoms with Gasteiger partial charge < -0.3 is 9.30 Å². The van der Waals surface area contributed by atoms with Gasteiger partial charge in [-0.2, -0.15) is 0 Å². The summed E-state index contributed by atoms with van der Waals surface area (Å²) in [5, 5.41) is 1.23. The highest BCUT2D eigenvalue weighted by Crippen LogP contribution is 2.29. The van der Waals surface area contributed by atoms with Crippen molar-refractivity contribution in [2.45, 2.75) is 72.3 Å². The van der Waals surface area contributed by atoms with Crippen molar-refractivity contribution in [2.24, 2.45) is 0 Å². The van der Waals surface area contributed by atoms with E-state index in [1.165, 1.54) is 49.4 Å². The van der Waals surface area contributed by atoms with Crippen LogP contribution in [0.1, 0.15) is 77.8 Å². The van der Waals surface area contributed by atoms with E-state index in [0.29, 0.717) is 12.6 Å². The number of esters is 1. The van der Waals surface area contributed by atoms with Gasteiger partial charge in [-0.1, -0.05) is 45.6 Å². The van der Waals surface area contributed by atoms with Gasteiger partial charge in [0.15, 0.2) is 0 Å². The van der Waals surface area contributed by atoms with E-state index in [0.717, 1.165) is 11.1 Å². The molecule has 1 aromatic heterocycles. The van der Waals surface area contributed by atoms with Gasteiger partial charge in [0, 0.05) is 29.2 Å². The minimum atomic E-state index is -0.276. The van der Waals surface area contributed by atoms with Crippen molar-refractivity contribution in [1.82, 2.24) is 4.57 Å². The molecule has 3 nitrogen and oxygen atoms in total. The topological polar surface area (TPSA) is 31.2 Å². The van der Waals surface area contributed by atoms with Crippen LogP contribution in [-0.4, -0.2) is 17.1 Å².